The van der Waals surface area contributed by atoms with Crippen LogP contribution >= 0.6 is 0 Å². The van der Waals surface area contributed by atoms with E-state index in [4.69, 9.17) is 15.2 Å². The van der Waals surface area contributed by atoms with Gasteiger partial charge < -0.3 is 36.3 Å². The third kappa shape index (κ3) is 9.99. The zero-order chi connectivity index (χ0) is 35.9. The molecule has 11 heteroatoms. The van der Waals surface area contributed by atoms with E-state index in [-0.39, 0.29) is 30.8 Å². The maximum absolute atomic E-state index is 13.8. The number of rotatable bonds is 10. The van der Waals surface area contributed by atoms with E-state index in [1.54, 1.807) is 59.7 Å². The summed E-state index contributed by atoms with van der Waals surface area (Å²) < 4.78 is 11.2. The Morgan fingerprint density at radius 2 is 1.55 bits per heavy atom. The summed E-state index contributed by atoms with van der Waals surface area (Å²) in [5, 5.41) is 20.7. The summed E-state index contributed by atoms with van der Waals surface area (Å²) in [6.07, 6.45) is 0.977. The summed E-state index contributed by atoms with van der Waals surface area (Å²) in [5.41, 5.74) is 8.09. The van der Waals surface area contributed by atoms with Gasteiger partial charge in [0, 0.05) is 42.2 Å². The summed E-state index contributed by atoms with van der Waals surface area (Å²) >= 11 is 0. The van der Waals surface area contributed by atoms with E-state index in [1.165, 1.54) is 0 Å². The molecular weight excluding hydrogens is 622 g/mol. The summed E-state index contributed by atoms with van der Waals surface area (Å²) in [5.74, 6) is -0.0102. The van der Waals surface area contributed by atoms with Gasteiger partial charge in [0.15, 0.2) is 0 Å². The molecule has 0 aromatic heterocycles. The third-order valence-electron chi connectivity index (χ3n) is 7.72. The average molecular weight is 672 g/mol. The maximum atomic E-state index is 13.8. The number of nitrogen functional groups attached to an aromatic ring is 1. The molecule has 2 atom stereocenters. The molecule has 11 nitrogen and oxygen atoms in total. The fraction of sp³-hybridized carbons (Fsp3) is 0.395. The number of nitrogens with one attached hydrogen (secondary N) is 3. The predicted octanol–water partition coefficient (Wildman–Crippen LogP) is 4.85. The van der Waals surface area contributed by atoms with Crippen LogP contribution in [0, 0.1) is 0 Å². The zero-order valence-corrected chi connectivity index (χ0v) is 29.4. The van der Waals surface area contributed by atoms with Crippen molar-refractivity contribution in [2.75, 3.05) is 24.2 Å². The summed E-state index contributed by atoms with van der Waals surface area (Å²) in [7, 11) is 0. The van der Waals surface area contributed by atoms with Crippen LogP contribution in [0.2, 0.25) is 0 Å². The summed E-state index contributed by atoms with van der Waals surface area (Å²) in [6, 6.07) is 19.7. The quantitative estimate of drug-likeness (QED) is 0.190. The Hall–Kier alpha value is -5.03. The Morgan fingerprint density at radius 3 is 2.12 bits per heavy atom. The van der Waals surface area contributed by atoms with Crippen molar-refractivity contribution in [1.82, 2.24) is 15.5 Å². The van der Waals surface area contributed by atoms with Crippen LogP contribution in [0.1, 0.15) is 83.5 Å². The third-order valence-corrected chi connectivity index (χ3v) is 7.72. The van der Waals surface area contributed by atoms with Gasteiger partial charge in [-0.25, -0.2) is 9.59 Å². The van der Waals surface area contributed by atoms with Gasteiger partial charge in [0.1, 0.15) is 23.1 Å². The lowest BCUT2D eigenvalue weighted by atomic mass is 9.94. The van der Waals surface area contributed by atoms with E-state index in [2.05, 4.69) is 16.0 Å². The molecule has 49 heavy (non-hydrogen) atoms. The van der Waals surface area contributed by atoms with Crippen molar-refractivity contribution in [2.24, 2.45) is 0 Å². The van der Waals surface area contributed by atoms with Crippen molar-refractivity contribution in [1.29, 1.82) is 0 Å². The van der Waals surface area contributed by atoms with Gasteiger partial charge in [-0.2, -0.15) is 4.90 Å². The number of imide groups is 1. The van der Waals surface area contributed by atoms with Crippen molar-refractivity contribution in [3.63, 3.8) is 0 Å². The second kappa shape index (κ2) is 15.5. The van der Waals surface area contributed by atoms with Crippen LogP contribution in [-0.2, 0) is 20.8 Å². The molecule has 1 heterocycles. The number of anilines is 2. The average Bonchev–Trinajstić information content (AvgIpc) is 3.02. The van der Waals surface area contributed by atoms with Gasteiger partial charge in [0.05, 0.1) is 0 Å². The SMILES string of the molecule is CCC(CO)c1ccc(C(Nc2ccc3c(c2)=CCNC=3N(C(=O)OC(C)(C)C)C(=O)OC(C)(C)C)C(=O)NCc2cccc(N)c2)cc1. The number of hydrogen-bond acceptors (Lipinski definition) is 9. The number of amides is 3. The number of ether oxygens (including phenoxy) is 2. The number of nitrogens with two attached hydrogens (primary N) is 1. The summed E-state index contributed by atoms with van der Waals surface area (Å²) in [4.78, 5) is 41.4. The first-order valence-corrected chi connectivity index (χ1v) is 16.5. The molecule has 0 bridgehead atoms. The van der Waals surface area contributed by atoms with E-state index in [0.717, 1.165) is 33.2 Å². The first-order valence-electron chi connectivity index (χ1n) is 16.5. The van der Waals surface area contributed by atoms with Crippen molar-refractivity contribution in [3.05, 3.63) is 93.9 Å². The Balaban J connectivity index is 1.71. The van der Waals surface area contributed by atoms with E-state index >= 15 is 0 Å². The Morgan fingerprint density at radius 1 is 0.918 bits per heavy atom. The van der Waals surface area contributed by atoms with Gasteiger partial charge in [-0.05, 0) is 100 Å². The molecule has 4 rings (SSSR count). The van der Waals surface area contributed by atoms with E-state index in [9.17, 15) is 19.5 Å². The normalized spacial score (nSPS) is 13.9. The van der Waals surface area contributed by atoms with Gasteiger partial charge in [0.25, 0.3) is 0 Å². The van der Waals surface area contributed by atoms with E-state index in [0.29, 0.717) is 23.1 Å². The fourth-order valence-electron chi connectivity index (χ4n) is 5.35. The first-order chi connectivity index (χ1) is 23.1. The molecule has 0 spiro atoms. The number of aliphatic hydroxyl groups is 1. The van der Waals surface area contributed by atoms with Gasteiger partial charge in [-0.15, -0.1) is 0 Å². The molecule has 0 radical (unpaired) electrons. The van der Waals surface area contributed by atoms with Gasteiger partial charge in [-0.1, -0.05) is 49.4 Å². The molecule has 3 aromatic carbocycles. The number of aliphatic hydroxyl groups excluding tert-OH is 1. The van der Waals surface area contributed by atoms with E-state index < -0.39 is 29.4 Å². The lowest BCUT2D eigenvalue weighted by Gasteiger charge is -2.30. The largest absolute Gasteiger partial charge is 0.443 e. The van der Waals surface area contributed by atoms with Crippen LogP contribution in [0.4, 0.5) is 21.0 Å². The molecule has 3 aromatic rings. The second-order valence-corrected chi connectivity index (χ2v) is 14.0. The van der Waals surface area contributed by atoms with Crippen molar-refractivity contribution in [3.8, 4) is 0 Å². The first kappa shape index (κ1) is 36.8. The molecule has 3 amide bonds. The maximum Gasteiger partial charge on any atom is 0.425 e. The molecular formula is C38H49N5O6. The lowest BCUT2D eigenvalue weighted by molar-refractivity contribution is -0.122. The van der Waals surface area contributed by atoms with Crippen LogP contribution in [-0.4, -0.2) is 52.5 Å². The Kier molecular flexibility index (Phi) is 11.6. The standard InChI is InChI=1S/C38H49N5O6/c1-8-25(23-44)26-12-14-27(15-13-26)32(34(45)41-22-24-10-9-11-29(39)20-24)42-30-16-17-31-28(21-30)18-19-40-33(31)43(35(46)48-37(2,3)4)36(47)49-38(5,6)7/h9-18,20-21,25,32,40,42,44H,8,19,22-23,39H2,1-7H3,(H,41,45). The molecule has 262 valence electrons. The number of carbonyl (C=O) groups excluding carboxylic acids is 3. The number of fused-ring (bicyclic) bond motifs is 1. The zero-order valence-electron chi connectivity index (χ0n) is 29.4. The van der Waals surface area contributed by atoms with Crippen molar-refractivity contribution >= 4 is 41.4 Å². The number of carbonyl (C=O) groups is 3. The van der Waals surface area contributed by atoms with E-state index in [1.807, 2.05) is 61.5 Å². The highest BCUT2D eigenvalue weighted by Gasteiger charge is 2.35. The van der Waals surface area contributed by atoms with Crippen LogP contribution in [0.15, 0.2) is 66.7 Å². The minimum absolute atomic E-state index is 0.00832. The highest BCUT2D eigenvalue weighted by molar-refractivity contribution is 5.95. The van der Waals surface area contributed by atoms with Crippen LogP contribution in [0.3, 0.4) is 0 Å². The molecule has 2 unspecified atom stereocenters. The Bertz CT molecular complexity index is 1740. The lowest BCUT2D eigenvalue weighted by Crippen LogP contribution is -2.51. The highest BCUT2D eigenvalue weighted by Crippen LogP contribution is 2.25. The number of nitrogens with zero attached hydrogens (tertiary/aromatic N) is 1. The molecule has 6 N–H and O–H groups in total. The predicted molar refractivity (Wildman–Crippen MR) is 191 cm³/mol. The fourth-order valence-corrected chi connectivity index (χ4v) is 5.35. The summed E-state index contributed by atoms with van der Waals surface area (Å²) in [6.45, 7) is 13.0. The minimum atomic E-state index is -0.869. The number of hydrogen-bond donors (Lipinski definition) is 5. The van der Waals surface area contributed by atoms with Gasteiger partial charge in [-0.3, -0.25) is 4.79 Å². The highest BCUT2D eigenvalue weighted by atomic mass is 16.6. The molecule has 0 fully saturated rings. The smallest absolute Gasteiger partial charge is 0.425 e. The van der Waals surface area contributed by atoms with Crippen molar-refractivity contribution < 1.29 is 29.0 Å². The topological polar surface area (TPSA) is 155 Å². The van der Waals surface area contributed by atoms with Crippen LogP contribution < -0.4 is 32.1 Å². The minimum Gasteiger partial charge on any atom is -0.443 e. The molecule has 0 saturated heterocycles. The second-order valence-electron chi connectivity index (χ2n) is 14.0. The van der Waals surface area contributed by atoms with Crippen LogP contribution in [0.5, 0.6) is 0 Å². The van der Waals surface area contributed by atoms with Crippen molar-refractivity contribution in [2.45, 2.75) is 84.6 Å². The molecule has 0 saturated carbocycles. The Labute approximate surface area is 288 Å². The molecule has 1 aliphatic heterocycles. The van der Waals surface area contributed by atoms with Gasteiger partial charge in [0.2, 0.25) is 5.91 Å². The number of benzene rings is 3. The monoisotopic (exact) mass is 671 g/mol. The van der Waals surface area contributed by atoms with Crippen LogP contribution in [0.25, 0.3) is 11.9 Å². The van der Waals surface area contributed by atoms with Gasteiger partial charge >= 0.3 is 12.2 Å². The molecule has 1 aliphatic rings. The molecule has 0 aliphatic carbocycles.